The molecule has 1 saturated heterocycles. The summed E-state index contributed by atoms with van der Waals surface area (Å²) in [5.41, 5.74) is 0.218. The standard InChI is InChI=1S/C14H16FN3O.ClH/c1-10-8-14(5-6-16-10)9-17-13(19)18(14)12-4-2-3-11(15)7-12;/h2-4,7,9-10,16H,5-6,8H2,1H3;1H. The van der Waals surface area contributed by atoms with E-state index in [1.165, 1.54) is 12.1 Å². The van der Waals surface area contributed by atoms with E-state index in [2.05, 4.69) is 17.2 Å². The third-order valence-electron chi connectivity index (χ3n) is 3.94. The van der Waals surface area contributed by atoms with Crippen molar-refractivity contribution in [3.05, 3.63) is 30.1 Å². The Morgan fingerprint density at radius 2 is 2.30 bits per heavy atom. The molecule has 2 heterocycles. The lowest BCUT2D eigenvalue weighted by atomic mass is 9.84. The molecule has 0 radical (unpaired) electrons. The zero-order valence-corrected chi connectivity index (χ0v) is 12.0. The molecule has 3 rings (SSSR count). The van der Waals surface area contributed by atoms with E-state index in [4.69, 9.17) is 0 Å². The molecule has 2 N–H and O–H groups in total. The summed E-state index contributed by atoms with van der Waals surface area (Å²) in [6, 6.07) is 6.32. The Morgan fingerprint density at radius 3 is 3.00 bits per heavy atom. The van der Waals surface area contributed by atoms with Crippen LogP contribution in [0.5, 0.6) is 0 Å². The normalized spacial score (nSPS) is 28.8. The molecule has 0 aliphatic carbocycles. The van der Waals surface area contributed by atoms with E-state index in [1.54, 1.807) is 23.2 Å². The number of benzene rings is 1. The quantitative estimate of drug-likeness (QED) is 0.662. The zero-order chi connectivity index (χ0) is 13.5. The molecule has 0 bridgehead atoms. The Labute approximate surface area is 123 Å². The molecule has 2 aliphatic heterocycles. The molecule has 1 aromatic rings. The van der Waals surface area contributed by atoms with E-state index >= 15 is 0 Å². The second-order valence-electron chi connectivity index (χ2n) is 5.42. The summed E-state index contributed by atoms with van der Waals surface area (Å²) in [7, 11) is 0. The van der Waals surface area contributed by atoms with E-state index in [0.29, 0.717) is 11.7 Å². The van der Waals surface area contributed by atoms with Crippen molar-refractivity contribution in [1.82, 2.24) is 0 Å². The van der Waals surface area contributed by atoms with Gasteiger partial charge < -0.3 is 17.7 Å². The van der Waals surface area contributed by atoms with E-state index in [9.17, 15) is 9.18 Å². The Kier molecular flexibility index (Phi) is 4.11. The molecule has 2 atom stereocenters. The number of piperidine rings is 1. The first-order chi connectivity index (χ1) is 9.11. The summed E-state index contributed by atoms with van der Waals surface area (Å²) in [5, 5.41) is 2.27. The maximum Gasteiger partial charge on any atom is 0.348 e. The molecule has 2 aliphatic rings. The molecular formula is C14H17ClFN3O. The van der Waals surface area contributed by atoms with Crippen LogP contribution < -0.4 is 22.6 Å². The lowest BCUT2D eigenvalue weighted by Gasteiger charge is -2.40. The van der Waals surface area contributed by atoms with E-state index in [0.717, 1.165) is 19.4 Å². The van der Waals surface area contributed by atoms with Crippen LogP contribution in [-0.2, 0) is 0 Å². The van der Waals surface area contributed by atoms with Crippen molar-refractivity contribution in [3.8, 4) is 0 Å². The second kappa shape index (κ2) is 5.50. The van der Waals surface area contributed by atoms with Crippen LogP contribution in [0.1, 0.15) is 19.8 Å². The molecule has 2 amide bonds. The molecule has 4 nitrogen and oxygen atoms in total. The highest BCUT2D eigenvalue weighted by atomic mass is 35.5. The monoisotopic (exact) mass is 297 g/mol. The van der Waals surface area contributed by atoms with Gasteiger partial charge in [0.1, 0.15) is 5.82 Å². The zero-order valence-electron chi connectivity index (χ0n) is 11.2. The highest BCUT2D eigenvalue weighted by molar-refractivity contribution is 6.08. The van der Waals surface area contributed by atoms with Gasteiger partial charge >= 0.3 is 6.03 Å². The SMILES string of the molecule is CC1CC2(C=NC(=O)N2c2cccc(F)c2)CC[NH2+]1.[Cl-]. The Morgan fingerprint density at radius 1 is 1.50 bits per heavy atom. The summed E-state index contributed by atoms with van der Waals surface area (Å²) in [6.07, 6.45) is 3.45. The van der Waals surface area contributed by atoms with Crippen molar-refractivity contribution < 1.29 is 26.9 Å². The molecule has 1 spiro atoms. The van der Waals surface area contributed by atoms with Crippen molar-refractivity contribution >= 4 is 17.9 Å². The van der Waals surface area contributed by atoms with Gasteiger partial charge in [0.15, 0.2) is 0 Å². The van der Waals surface area contributed by atoms with Crippen LogP contribution in [0.2, 0.25) is 0 Å². The predicted molar refractivity (Wildman–Crippen MR) is 71.0 cm³/mol. The number of aliphatic imine (C=N–C) groups is 1. The van der Waals surface area contributed by atoms with Crippen molar-refractivity contribution in [2.24, 2.45) is 4.99 Å². The van der Waals surface area contributed by atoms with Crippen molar-refractivity contribution in [2.75, 3.05) is 11.4 Å². The van der Waals surface area contributed by atoms with E-state index < -0.39 is 0 Å². The van der Waals surface area contributed by atoms with E-state index in [-0.39, 0.29) is 29.8 Å². The molecule has 1 fully saturated rings. The maximum atomic E-state index is 13.4. The smallest absolute Gasteiger partial charge is 0.348 e. The average molecular weight is 298 g/mol. The molecule has 108 valence electrons. The van der Waals surface area contributed by atoms with Gasteiger partial charge in [-0.2, -0.15) is 0 Å². The van der Waals surface area contributed by atoms with Crippen LogP contribution in [0.25, 0.3) is 0 Å². The van der Waals surface area contributed by atoms with Crippen LogP contribution in [0.15, 0.2) is 29.3 Å². The van der Waals surface area contributed by atoms with Crippen LogP contribution in [0.4, 0.5) is 14.9 Å². The molecule has 6 heteroatoms. The summed E-state index contributed by atoms with van der Waals surface area (Å²) >= 11 is 0. The van der Waals surface area contributed by atoms with Crippen LogP contribution >= 0.6 is 0 Å². The first-order valence-electron chi connectivity index (χ1n) is 6.59. The molecule has 2 unspecified atom stereocenters. The number of hydrogen-bond donors (Lipinski definition) is 1. The molecular weight excluding hydrogens is 281 g/mol. The van der Waals surface area contributed by atoms with Gasteiger partial charge in [0.2, 0.25) is 0 Å². The molecule has 20 heavy (non-hydrogen) atoms. The fourth-order valence-corrected chi connectivity index (χ4v) is 3.15. The molecule has 0 saturated carbocycles. The number of amides is 2. The number of nitrogens with zero attached hydrogens (tertiary/aromatic N) is 2. The summed E-state index contributed by atoms with van der Waals surface area (Å²) in [4.78, 5) is 17.7. The van der Waals surface area contributed by atoms with Gasteiger partial charge in [0.05, 0.1) is 18.1 Å². The van der Waals surface area contributed by atoms with Gasteiger partial charge in [-0.15, -0.1) is 0 Å². The van der Waals surface area contributed by atoms with Crippen LogP contribution in [0, 0.1) is 5.82 Å². The Bertz CT molecular complexity index is 551. The second-order valence-corrected chi connectivity index (χ2v) is 5.42. The predicted octanol–water partition coefficient (Wildman–Crippen LogP) is -1.67. The van der Waals surface area contributed by atoms with Crippen molar-refractivity contribution in [2.45, 2.75) is 31.3 Å². The van der Waals surface area contributed by atoms with Crippen molar-refractivity contribution in [3.63, 3.8) is 0 Å². The van der Waals surface area contributed by atoms with Crippen molar-refractivity contribution in [1.29, 1.82) is 0 Å². The summed E-state index contributed by atoms with van der Waals surface area (Å²) in [6.45, 7) is 3.09. The summed E-state index contributed by atoms with van der Waals surface area (Å²) < 4.78 is 13.4. The third-order valence-corrected chi connectivity index (χ3v) is 3.94. The van der Waals surface area contributed by atoms with Gasteiger partial charge in [0.25, 0.3) is 0 Å². The summed E-state index contributed by atoms with van der Waals surface area (Å²) in [5.74, 6) is -0.331. The number of anilines is 1. The number of halogens is 2. The largest absolute Gasteiger partial charge is 1.00 e. The first kappa shape index (κ1) is 14.9. The fourth-order valence-electron chi connectivity index (χ4n) is 3.15. The maximum absolute atomic E-state index is 13.4. The van der Waals surface area contributed by atoms with Gasteiger partial charge in [-0.05, 0) is 25.1 Å². The lowest BCUT2D eigenvalue weighted by molar-refractivity contribution is -0.695. The first-order valence-corrected chi connectivity index (χ1v) is 6.59. The molecule has 1 aromatic carbocycles. The number of rotatable bonds is 1. The van der Waals surface area contributed by atoms with Crippen LogP contribution in [0.3, 0.4) is 0 Å². The lowest BCUT2D eigenvalue weighted by Crippen LogP contribution is -3.00. The van der Waals surface area contributed by atoms with Gasteiger partial charge in [-0.3, -0.25) is 4.90 Å². The number of hydrogen-bond acceptors (Lipinski definition) is 1. The van der Waals surface area contributed by atoms with Gasteiger partial charge in [-0.1, -0.05) is 6.07 Å². The molecule has 0 aromatic heterocycles. The minimum absolute atomic E-state index is 0. The Hall–Kier alpha value is -1.46. The highest BCUT2D eigenvalue weighted by Gasteiger charge is 2.47. The minimum Gasteiger partial charge on any atom is -1.00 e. The number of urea groups is 1. The third kappa shape index (κ3) is 2.43. The average Bonchev–Trinajstić information content (AvgIpc) is 2.66. The Balaban J connectivity index is 0.00000147. The van der Waals surface area contributed by atoms with Gasteiger partial charge in [-0.25, -0.2) is 14.2 Å². The number of nitrogens with two attached hydrogens (primary N) is 1. The van der Waals surface area contributed by atoms with E-state index in [1.807, 2.05) is 0 Å². The van der Waals surface area contributed by atoms with Gasteiger partial charge in [0, 0.05) is 24.7 Å². The number of carbonyl (C=O) groups is 1. The number of carbonyl (C=O) groups excluding carboxylic acids is 1. The van der Waals surface area contributed by atoms with Crippen LogP contribution in [-0.4, -0.2) is 30.4 Å². The topological polar surface area (TPSA) is 49.3 Å². The minimum atomic E-state index is -0.376. The fraction of sp³-hybridized carbons (Fsp3) is 0.429. The number of quaternary nitrogens is 1. The highest BCUT2D eigenvalue weighted by Crippen LogP contribution is 2.34.